The van der Waals surface area contributed by atoms with Gasteiger partial charge in [0.15, 0.2) is 5.82 Å². The Kier molecular flexibility index (Phi) is 2.76. The summed E-state index contributed by atoms with van der Waals surface area (Å²) in [4.78, 5) is 24.2. The minimum absolute atomic E-state index is 0.396. The molecule has 0 aliphatic heterocycles. The number of aryl methyl sites for hydroxylation is 1. The van der Waals surface area contributed by atoms with Crippen LogP contribution in [0, 0.1) is 6.92 Å². The number of hydrogen-bond donors (Lipinski definition) is 0. The van der Waals surface area contributed by atoms with Crippen LogP contribution in [0.15, 0.2) is 41.6 Å². The standard InChI is InChI=1S/C13H9ClN4O/c1-8-10-3-2-9(14)6-11(10)18(13(19)17-8)12-7-15-4-5-16-12/h2-7H,1H3. The van der Waals surface area contributed by atoms with Crippen molar-refractivity contribution in [3.63, 3.8) is 0 Å². The molecule has 0 bridgehead atoms. The fraction of sp³-hybridized carbons (Fsp3) is 0.0769. The van der Waals surface area contributed by atoms with Crippen molar-refractivity contribution in [2.24, 2.45) is 0 Å². The van der Waals surface area contributed by atoms with Gasteiger partial charge >= 0.3 is 5.69 Å². The molecule has 2 heterocycles. The third-order valence-corrected chi connectivity index (χ3v) is 3.06. The van der Waals surface area contributed by atoms with E-state index in [4.69, 9.17) is 11.6 Å². The molecule has 5 nitrogen and oxygen atoms in total. The summed E-state index contributed by atoms with van der Waals surface area (Å²) in [7, 11) is 0. The first-order chi connectivity index (χ1) is 9.16. The van der Waals surface area contributed by atoms with Gasteiger partial charge in [0.25, 0.3) is 0 Å². The maximum absolute atomic E-state index is 12.1. The highest BCUT2D eigenvalue weighted by atomic mass is 35.5. The zero-order chi connectivity index (χ0) is 13.4. The average molecular weight is 273 g/mol. The van der Waals surface area contributed by atoms with Gasteiger partial charge in [-0.05, 0) is 25.1 Å². The van der Waals surface area contributed by atoms with E-state index in [2.05, 4.69) is 15.0 Å². The first kappa shape index (κ1) is 11.8. The fourth-order valence-electron chi connectivity index (χ4n) is 1.98. The second kappa shape index (κ2) is 4.44. The van der Waals surface area contributed by atoms with Gasteiger partial charge in [0.2, 0.25) is 0 Å². The predicted octanol–water partition coefficient (Wildman–Crippen LogP) is 2.14. The van der Waals surface area contributed by atoms with E-state index in [0.717, 1.165) is 5.39 Å². The van der Waals surface area contributed by atoms with E-state index in [1.54, 1.807) is 25.3 Å². The Morgan fingerprint density at radius 3 is 2.84 bits per heavy atom. The Balaban J connectivity index is 2.48. The first-order valence-corrected chi connectivity index (χ1v) is 6.00. The Morgan fingerprint density at radius 2 is 2.11 bits per heavy atom. The molecule has 2 aromatic heterocycles. The minimum atomic E-state index is -0.396. The van der Waals surface area contributed by atoms with Gasteiger partial charge in [-0.15, -0.1) is 0 Å². The summed E-state index contributed by atoms with van der Waals surface area (Å²) in [5.74, 6) is 0.423. The van der Waals surface area contributed by atoms with E-state index in [9.17, 15) is 4.79 Å². The van der Waals surface area contributed by atoms with Crippen molar-refractivity contribution in [2.45, 2.75) is 6.92 Å². The van der Waals surface area contributed by atoms with Gasteiger partial charge in [0, 0.05) is 22.8 Å². The molecular weight excluding hydrogens is 264 g/mol. The van der Waals surface area contributed by atoms with Crippen LogP contribution < -0.4 is 5.69 Å². The number of halogens is 1. The van der Waals surface area contributed by atoms with Gasteiger partial charge in [-0.2, -0.15) is 4.98 Å². The van der Waals surface area contributed by atoms with Crippen molar-refractivity contribution in [1.29, 1.82) is 0 Å². The molecule has 19 heavy (non-hydrogen) atoms. The number of aromatic nitrogens is 4. The summed E-state index contributed by atoms with van der Waals surface area (Å²) >= 11 is 6.01. The third-order valence-electron chi connectivity index (χ3n) is 2.82. The zero-order valence-corrected chi connectivity index (χ0v) is 10.8. The zero-order valence-electron chi connectivity index (χ0n) is 10.0. The highest BCUT2D eigenvalue weighted by molar-refractivity contribution is 6.31. The Hall–Kier alpha value is -2.27. The van der Waals surface area contributed by atoms with Crippen molar-refractivity contribution in [1.82, 2.24) is 19.5 Å². The molecule has 1 aromatic carbocycles. The van der Waals surface area contributed by atoms with Crippen LogP contribution in [0.2, 0.25) is 5.02 Å². The molecule has 0 spiro atoms. The number of fused-ring (bicyclic) bond motifs is 1. The van der Waals surface area contributed by atoms with Gasteiger partial charge in [-0.3, -0.25) is 4.98 Å². The van der Waals surface area contributed by atoms with Crippen LogP contribution in [0.5, 0.6) is 0 Å². The lowest BCUT2D eigenvalue weighted by Gasteiger charge is -2.10. The molecule has 3 rings (SSSR count). The number of nitrogens with zero attached hydrogens (tertiary/aromatic N) is 4. The topological polar surface area (TPSA) is 60.7 Å². The van der Waals surface area contributed by atoms with Gasteiger partial charge in [0.1, 0.15) is 0 Å². The maximum atomic E-state index is 12.1. The molecule has 0 saturated heterocycles. The van der Waals surface area contributed by atoms with Crippen LogP contribution in [-0.2, 0) is 0 Å². The van der Waals surface area contributed by atoms with Crippen molar-refractivity contribution < 1.29 is 0 Å². The van der Waals surface area contributed by atoms with E-state index in [1.807, 2.05) is 6.07 Å². The summed E-state index contributed by atoms with van der Waals surface area (Å²) < 4.78 is 1.40. The summed E-state index contributed by atoms with van der Waals surface area (Å²) in [5, 5.41) is 1.41. The van der Waals surface area contributed by atoms with Gasteiger partial charge in [-0.25, -0.2) is 14.3 Å². The summed E-state index contributed by atoms with van der Waals surface area (Å²) in [6.07, 6.45) is 4.59. The second-order valence-corrected chi connectivity index (χ2v) is 4.48. The smallest absolute Gasteiger partial charge is 0.259 e. The molecule has 0 saturated carbocycles. The molecule has 0 atom stereocenters. The molecular formula is C13H9ClN4O. The lowest BCUT2D eigenvalue weighted by molar-refractivity contribution is 0.897. The Bertz CT molecular complexity index is 814. The number of rotatable bonds is 1. The number of benzene rings is 1. The third kappa shape index (κ3) is 1.98. The molecule has 0 aliphatic carbocycles. The van der Waals surface area contributed by atoms with Gasteiger partial charge in [0.05, 0.1) is 17.4 Å². The first-order valence-electron chi connectivity index (χ1n) is 5.62. The SMILES string of the molecule is Cc1nc(=O)n(-c2cnccn2)c2cc(Cl)ccc12. The lowest BCUT2D eigenvalue weighted by atomic mass is 10.2. The quantitative estimate of drug-likeness (QED) is 0.681. The van der Waals surface area contributed by atoms with Crippen LogP contribution in [0.25, 0.3) is 16.7 Å². The Labute approximate surface area is 113 Å². The molecule has 6 heteroatoms. The predicted molar refractivity (Wildman–Crippen MR) is 72.7 cm³/mol. The summed E-state index contributed by atoms with van der Waals surface area (Å²) in [6.45, 7) is 1.79. The van der Waals surface area contributed by atoms with Crippen molar-refractivity contribution in [3.05, 3.63) is 58.0 Å². The average Bonchev–Trinajstić information content (AvgIpc) is 2.39. The van der Waals surface area contributed by atoms with E-state index < -0.39 is 5.69 Å². The minimum Gasteiger partial charge on any atom is -0.259 e. The van der Waals surface area contributed by atoms with Crippen LogP contribution in [0.4, 0.5) is 0 Å². The monoisotopic (exact) mass is 272 g/mol. The second-order valence-electron chi connectivity index (χ2n) is 4.04. The molecule has 0 amide bonds. The van der Waals surface area contributed by atoms with Crippen molar-refractivity contribution in [3.8, 4) is 5.82 Å². The molecule has 0 aliphatic rings. The van der Waals surface area contributed by atoms with Gasteiger partial charge < -0.3 is 0 Å². The van der Waals surface area contributed by atoms with E-state index in [-0.39, 0.29) is 0 Å². The molecule has 0 fully saturated rings. The maximum Gasteiger partial charge on any atom is 0.354 e. The molecule has 94 valence electrons. The summed E-state index contributed by atoms with van der Waals surface area (Å²) in [6, 6.07) is 5.33. The molecule has 0 N–H and O–H groups in total. The largest absolute Gasteiger partial charge is 0.354 e. The van der Waals surface area contributed by atoms with Crippen molar-refractivity contribution >= 4 is 22.5 Å². The molecule has 0 unspecified atom stereocenters. The van der Waals surface area contributed by atoms with Crippen LogP contribution in [0.1, 0.15) is 5.69 Å². The van der Waals surface area contributed by atoms with Crippen LogP contribution in [-0.4, -0.2) is 19.5 Å². The fourth-order valence-corrected chi connectivity index (χ4v) is 2.15. The Morgan fingerprint density at radius 1 is 1.26 bits per heavy atom. The van der Waals surface area contributed by atoms with Gasteiger partial charge in [-0.1, -0.05) is 11.6 Å². The van der Waals surface area contributed by atoms with Crippen LogP contribution in [0.3, 0.4) is 0 Å². The number of hydrogen-bond acceptors (Lipinski definition) is 4. The lowest BCUT2D eigenvalue weighted by Crippen LogP contribution is -2.23. The molecule has 3 aromatic rings. The van der Waals surface area contributed by atoms with Crippen molar-refractivity contribution in [2.75, 3.05) is 0 Å². The van der Waals surface area contributed by atoms with Crippen LogP contribution >= 0.6 is 11.6 Å². The normalized spacial score (nSPS) is 10.8. The summed E-state index contributed by atoms with van der Waals surface area (Å²) in [5.41, 5.74) is 0.940. The van der Waals surface area contributed by atoms with E-state index >= 15 is 0 Å². The highest BCUT2D eigenvalue weighted by Gasteiger charge is 2.10. The highest BCUT2D eigenvalue weighted by Crippen LogP contribution is 2.21. The van der Waals surface area contributed by atoms with E-state index in [0.29, 0.717) is 22.1 Å². The molecule has 0 radical (unpaired) electrons. The van der Waals surface area contributed by atoms with E-state index in [1.165, 1.54) is 17.0 Å².